The molecule has 0 amide bonds. The molecule has 0 saturated carbocycles. The topological polar surface area (TPSA) is 85.1 Å². The lowest BCUT2D eigenvalue weighted by Crippen LogP contribution is -2.07. The predicted octanol–water partition coefficient (Wildman–Crippen LogP) is 3.62. The normalized spacial score (nSPS) is 10.6. The van der Waals surface area contributed by atoms with Crippen LogP contribution in [0.3, 0.4) is 0 Å². The van der Waals surface area contributed by atoms with Crippen LogP contribution in [0.2, 0.25) is 0 Å². The van der Waals surface area contributed by atoms with Crippen LogP contribution in [0, 0.1) is 17.0 Å². The highest BCUT2D eigenvalue weighted by atomic mass is 32.1. The fraction of sp³-hybridized carbons (Fsp3) is 0.0667. The Bertz CT molecular complexity index is 919. The first-order valence-corrected chi connectivity index (χ1v) is 7.27. The predicted molar refractivity (Wildman–Crippen MR) is 87.0 cm³/mol. The van der Waals surface area contributed by atoms with E-state index in [1.165, 1.54) is 23.5 Å². The number of aromatic nitrogens is 1. The highest BCUT2D eigenvalue weighted by Crippen LogP contribution is 2.26. The van der Waals surface area contributed by atoms with Crippen molar-refractivity contribution in [3.63, 3.8) is 0 Å². The van der Waals surface area contributed by atoms with Crippen LogP contribution in [0.5, 0.6) is 0 Å². The van der Waals surface area contributed by atoms with Gasteiger partial charge in [0.1, 0.15) is 0 Å². The molecule has 1 aromatic heterocycles. The summed E-state index contributed by atoms with van der Waals surface area (Å²) in [4.78, 5) is 26.2. The second-order valence-electron chi connectivity index (χ2n) is 4.75. The van der Waals surface area contributed by atoms with E-state index in [1.54, 1.807) is 6.07 Å². The molecule has 0 fully saturated rings. The molecule has 0 radical (unpaired) electrons. The maximum Gasteiger partial charge on any atom is 0.281 e. The Morgan fingerprint density at radius 1 is 1.18 bits per heavy atom. The summed E-state index contributed by atoms with van der Waals surface area (Å²) in [5.74, 6) is 0. The van der Waals surface area contributed by atoms with Crippen LogP contribution in [0.25, 0.3) is 10.1 Å². The highest BCUT2D eigenvalue weighted by molar-refractivity contribution is 7.21. The summed E-state index contributed by atoms with van der Waals surface area (Å²) in [6, 6.07) is 11.9. The Labute approximate surface area is 129 Å². The molecule has 6 nitrogen and oxygen atoms in total. The van der Waals surface area contributed by atoms with E-state index in [4.69, 9.17) is 0 Å². The van der Waals surface area contributed by atoms with Gasteiger partial charge in [0.25, 0.3) is 11.2 Å². The number of fused-ring (bicyclic) bond motifs is 1. The monoisotopic (exact) mass is 313 g/mol. The molecule has 1 heterocycles. The molecule has 0 aliphatic rings. The number of benzene rings is 2. The minimum atomic E-state index is -0.526. The summed E-state index contributed by atoms with van der Waals surface area (Å²) in [7, 11) is 0. The number of nitro benzene ring substituents is 1. The Kier molecular flexibility index (Phi) is 3.56. The van der Waals surface area contributed by atoms with Gasteiger partial charge in [-0.1, -0.05) is 29.0 Å². The number of hydrogen-bond donors (Lipinski definition) is 1. The Hall–Kier alpha value is -2.80. The summed E-state index contributed by atoms with van der Waals surface area (Å²) in [5, 5.41) is 14.6. The largest absolute Gasteiger partial charge is 0.331 e. The van der Waals surface area contributed by atoms with Crippen LogP contribution >= 0.6 is 11.3 Å². The van der Waals surface area contributed by atoms with Crippen molar-refractivity contribution < 1.29 is 4.92 Å². The first kappa shape index (κ1) is 14.2. The lowest BCUT2D eigenvalue weighted by atomic mass is 10.2. The highest BCUT2D eigenvalue weighted by Gasteiger charge is 2.11. The van der Waals surface area contributed by atoms with Gasteiger partial charge in [0.15, 0.2) is 5.13 Å². The third-order valence-corrected chi connectivity index (χ3v) is 4.08. The average molecular weight is 313 g/mol. The van der Waals surface area contributed by atoms with Gasteiger partial charge >= 0.3 is 0 Å². The molecule has 110 valence electrons. The molecule has 0 atom stereocenters. The molecule has 3 rings (SSSR count). The van der Waals surface area contributed by atoms with Crippen LogP contribution < -0.4 is 10.9 Å². The fourth-order valence-corrected chi connectivity index (χ4v) is 2.88. The van der Waals surface area contributed by atoms with Crippen LogP contribution in [0.15, 0.2) is 47.3 Å². The maximum atomic E-state index is 12.1. The molecule has 0 unspecified atom stereocenters. The summed E-state index contributed by atoms with van der Waals surface area (Å²) < 4.78 is 0.653. The molecule has 0 spiro atoms. The van der Waals surface area contributed by atoms with Crippen molar-refractivity contribution in [1.29, 1.82) is 0 Å². The van der Waals surface area contributed by atoms with Crippen molar-refractivity contribution in [2.24, 2.45) is 0 Å². The lowest BCUT2D eigenvalue weighted by Gasteiger charge is -2.05. The van der Waals surface area contributed by atoms with Gasteiger partial charge in [-0.3, -0.25) is 14.9 Å². The van der Waals surface area contributed by atoms with Crippen LogP contribution in [0.4, 0.5) is 16.5 Å². The van der Waals surface area contributed by atoms with E-state index in [0.717, 1.165) is 11.3 Å². The summed E-state index contributed by atoms with van der Waals surface area (Å²) in [6.45, 7) is 1.99. The third-order valence-electron chi connectivity index (χ3n) is 3.12. The van der Waals surface area contributed by atoms with Gasteiger partial charge in [-0.2, -0.15) is 4.98 Å². The van der Waals surface area contributed by atoms with E-state index >= 15 is 0 Å². The van der Waals surface area contributed by atoms with Gasteiger partial charge in [0.2, 0.25) is 0 Å². The minimum absolute atomic E-state index is 0.113. The van der Waals surface area contributed by atoms with Crippen LogP contribution in [-0.4, -0.2) is 9.91 Å². The molecule has 1 N–H and O–H groups in total. The van der Waals surface area contributed by atoms with E-state index in [1.807, 2.05) is 31.2 Å². The number of anilines is 2. The van der Waals surface area contributed by atoms with Gasteiger partial charge in [0, 0.05) is 22.5 Å². The molecule has 0 bridgehead atoms. The Balaban J connectivity index is 2.02. The fourth-order valence-electron chi connectivity index (χ4n) is 1.98. The number of nitrogens with zero attached hydrogens (tertiary/aromatic N) is 2. The molecule has 3 aromatic rings. The second kappa shape index (κ2) is 5.53. The van der Waals surface area contributed by atoms with Crippen LogP contribution in [0.1, 0.15) is 5.56 Å². The zero-order valence-electron chi connectivity index (χ0n) is 11.6. The number of nitro groups is 1. The molecule has 7 heteroatoms. The van der Waals surface area contributed by atoms with Gasteiger partial charge in [0.05, 0.1) is 10.3 Å². The van der Waals surface area contributed by atoms with Crippen molar-refractivity contribution in [3.8, 4) is 0 Å². The van der Waals surface area contributed by atoms with E-state index < -0.39 is 10.5 Å². The smallest absolute Gasteiger partial charge is 0.281 e. The number of non-ortho nitro benzene ring substituents is 1. The Morgan fingerprint density at radius 2 is 1.91 bits per heavy atom. The number of aryl methyl sites for hydroxylation is 1. The molecular formula is C15H11N3O3S. The molecule has 0 aliphatic carbocycles. The second-order valence-corrected chi connectivity index (χ2v) is 5.78. The Morgan fingerprint density at radius 3 is 2.59 bits per heavy atom. The van der Waals surface area contributed by atoms with Crippen molar-refractivity contribution >= 4 is 37.9 Å². The van der Waals surface area contributed by atoms with E-state index in [-0.39, 0.29) is 11.1 Å². The number of nitrogens with one attached hydrogen (secondary N) is 1. The maximum absolute atomic E-state index is 12.1. The minimum Gasteiger partial charge on any atom is -0.331 e. The molecule has 0 aliphatic heterocycles. The van der Waals surface area contributed by atoms with Gasteiger partial charge in [-0.25, -0.2) is 0 Å². The molecule has 0 saturated heterocycles. The van der Waals surface area contributed by atoms with Crippen molar-refractivity contribution in [3.05, 3.63) is 68.5 Å². The SMILES string of the molecule is Cc1ccc(Nc2nc(=O)c3cc([N+](=O)[O-])ccc3s2)cc1. The average Bonchev–Trinajstić information content (AvgIpc) is 2.49. The van der Waals surface area contributed by atoms with Crippen molar-refractivity contribution in [2.45, 2.75) is 6.92 Å². The van der Waals surface area contributed by atoms with Crippen molar-refractivity contribution in [1.82, 2.24) is 4.98 Å². The van der Waals surface area contributed by atoms with Gasteiger partial charge < -0.3 is 5.32 Å². The first-order valence-electron chi connectivity index (χ1n) is 6.46. The van der Waals surface area contributed by atoms with Crippen molar-refractivity contribution in [2.75, 3.05) is 5.32 Å². The van der Waals surface area contributed by atoms with E-state index in [2.05, 4.69) is 10.3 Å². The summed E-state index contributed by atoms with van der Waals surface area (Å²) >= 11 is 1.28. The summed E-state index contributed by atoms with van der Waals surface area (Å²) in [5.41, 5.74) is 1.37. The zero-order chi connectivity index (χ0) is 15.7. The number of hydrogen-bond acceptors (Lipinski definition) is 6. The lowest BCUT2D eigenvalue weighted by molar-refractivity contribution is -0.384. The zero-order valence-corrected chi connectivity index (χ0v) is 12.4. The quantitative estimate of drug-likeness (QED) is 0.589. The third kappa shape index (κ3) is 2.79. The van der Waals surface area contributed by atoms with E-state index in [0.29, 0.717) is 9.83 Å². The standard InChI is InChI=1S/C15H11N3O3S/c1-9-2-4-10(5-3-9)16-15-17-14(19)12-8-11(18(20)21)6-7-13(12)22-15/h2-8H,1H3,(H,16,17,19). The van der Waals surface area contributed by atoms with E-state index in [9.17, 15) is 14.9 Å². The van der Waals surface area contributed by atoms with Gasteiger partial charge in [-0.05, 0) is 25.1 Å². The molecular weight excluding hydrogens is 302 g/mol. The molecule has 22 heavy (non-hydrogen) atoms. The first-order chi connectivity index (χ1) is 10.5. The molecule has 2 aromatic carbocycles. The van der Waals surface area contributed by atoms with Crippen LogP contribution in [-0.2, 0) is 0 Å². The number of rotatable bonds is 3. The van der Waals surface area contributed by atoms with Gasteiger partial charge in [-0.15, -0.1) is 0 Å². The summed E-state index contributed by atoms with van der Waals surface area (Å²) in [6.07, 6.45) is 0.